The third-order valence-corrected chi connectivity index (χ3v) is 1.84. The lowest BCUT2D eigenvalue weighted by Crippen LogP contribution is -2.10. The van der Waals surface area contributed by atoms with Crippen LogP contribution in [0, 0.1) is 13.8 Å². The normalized spacial score (nSPS) is 9.62. The molecule has 0 saturated carbocycles. The fourth-order valence-electron chi connectivity index (χ4n) is 1.00. The van der Waals surface area contributed by atoms with Crippen molar-refractivity contribution in [3.05, 3.63) is 17.2 Å². The Balaban J connectivity index is 3.11. The number of rotatable bonds is 2. The lowest BCUT2D eigenvalue weighted by molar-refractivity contribution is 0.139. The van der Waals surface area contributed by atoms with Gasteiger partial charge in [0.15, 0.2) is 0 Å². The lowest BCUT2D eigenvalue weighted by atomic mass is 10.2. The molecule has 0 aliphatic heterocycles. The predicted molar refractivity (Wildman–Crippen MR) is 51.0 cm³/mol. The summed E-state index contributed by atoms with van der Waals surface area (Å²) < 4.78 is 8.69. The topological polar surface area (TPSA) is 106 Å². The van der Waals surface area contributed by atoms with E-state index in [1.54, 1.807) is 13.8 Å². The van der Waals surface area contributed by atoms with Crippen LogP contribution >= 0.6 is 0 Å². The first-order chi connectivity index (χ1) is 7.40. The van der Waals surface area contributed by atoms with E-state index in [9.17, 15) is 9.59 Å². The number of ether oxygens (including phenoxy) is 2. The molecule has 0 bridgehead atoms. The number of hydrogen-bond acceptors (Lipinski definition) is 5. The van der Waals surface area contributed by atoms with Crippen LogP contribution in [0.4, 0.5) is 9.59 Å². The molecule has 0 atom stereocenters. The molecule has 0 amide bonds. The molecule has 2 N–H and O–H groups in total. The Bertz CT molecular complexity index is 442. The summed E-state index contributed by atoms with van der Waals surface area (Å²) >= 11 is 0. The number of carboxylic acid groups (broad SMARTS) is 2. The van der Waals surface area contributed by atoms with Crippen molar-refractivity contribution in [2.24, 2.45) is 0 Å². The maximum absolute atomic E-state index is 10.3. The monoisotopic (exact) mass is 227 g/mol. The van der Waals surface area contributed by atoms with E-state index in [2.05, 4.69) is 14.5 Å². The summed E-state index contributed by atoms with van der Waals surface area (Å²) in [7, 11) is 0. The van der Waals surface area contributed by atoms with Gasteiger partial charge in [0.1, 0.15) is 0 Å². The molecule has 7 heteroatoms. The third kappa shape index (κ3) is 2.84. The Labute approximate surface area is 90.2 Å². The van der Waals surface area contributed by atoms with Crippen molar-refractivity contribution in [3.63, 3.8) is 0 Å². The van der Waals surface area contributed by atoms with Gasteiger partial charge >= 0.3 is 12.3 Å². The van der Waals surface area contributed by atoms with E-state index < -0.39 is 12.3 Å². The van der Waals surface area contributed by atoms with Crippen molar-refractivity contribution in [2.75, 3.05) is 0 Å². The highest BCUT2D eigenvalue weighted by Gasteiger charge is 2.13. The van der Waals surface area contributed by atoms with Gasteiger partial charge in [-0.1, -0.05) is 0 Å². The number of hydrogen-bond donors (Lipinski definition) is 2. The summed E-state index contributed by atoms with van der Waals surface area (Å²) in [5.74, 6) is -0.421. The van der Waals surface area contributed by atoms with Crippen molar-refractivity contribution >= 4 is 12.3 Å². The number of carbonyl (C=O) groups is 2. The number of aromatic nitrogens is 1. The van der Waals surface area contributed by atoms with Crippen molar-refractivity contribution in [1.29, 1.82) is 0 Å². The van der Waals surface area contributed by atoms with Gasteiger partial charge in [0.2, 0.25) is 11.8 Å². The van der Waals surface area contributed by atoms with Gasteiger partial charge in [0.05, 0.1) is 0 Å². The summed E-state index contributed by atoms with van der Waals surface area (Å²) in [5.41, 5.74) is 1.11. The molecule has 0 saturated heterocycles. The average Bonchev–Trinajstić information content (AvgIpc) is 2.11. The van der Waals surface area contributed by atoms with Crippen LogP contribution in [0.3, 0.4) is 0 Å². The largest absolute Gasteiger partial charge is 0.512 e. The molecule has 1 heterocycles. The highest BCUT2D eigenvalue weighted by Crippen LogP contribution is 2.23. The molecule has 1 aromatic heterocycles. The average molecular weight is 227 g/mol. The Morgan fingerprint density at radius 2 is 1.75 bits per heavy atom. The fraction of sp³-hybridized carbons (Fsp3) is 0.222. The number of aryl methyl sites for hydroxylation is 1. The summed E-state index contributed by atoms with van der Waals surface area (Å²) in [5, 5.41) is 16.8. The number of pyridine rings is 1. The third-order valence-electron chi connectivity index (χ3n) is 1.84. The SMILES string of the molecule is Cc1cc(OC(=O)O)nc(OC(=O)O)c1C. The van der Waals surface area contributed by atoms with E-state index in [1.165, 1.54) is 6.07 Å². The second kappa shape index (κ2) is 4.47. The molecular weight excluding hydrogens is 218 g/mol. The van der Waals surface area contributed by atoms with E-state index in [-0.39, 0.29) is 11.8 Å². The van der Waals surface area contributed by atoms with Crippen molar-refractivity contribution in [2.45, 2.75) is 13.8 Å². The summed E-state index contributed by atoms with van der Waals surface area (Å²) in [4.78, 5) is 24.2. The van der Waals surface area contributed by atoms with Crippen LogP contribution in [0.5, 0.6) is 11.8 Å². The molecule has 0 spiro atoms. The molecule has 0 aromatic carbocycles. The highest BCUT2D eigenvalue weighted by molar-refractivity contribution is 5.63. The van der Waals surface area contributed by atoms with E-state index in [0.29, 0.717) is 11.1 Å². The van der Waals surface area contributed by atoms with Crippen LogP contribution in [0.25, 0.3) is 0 Å². The van der Waals surface area contributed by atoms with Gasteiger partial charge in [-0.05, 0) is 19.4 Å². The Hall–Kier alpha value is -2.31. The van der Waals surface area contributed by atoms with Crippen molar-refractivity contribution < 1.29 is 29.3 Å². The van der Waals surface area contributed by atoms with Gasteiger partial charge in [-0.3, -0.25) is 0 Å². The van der Waals surface area contributed by atoms with Gasteiger partial charge in [-0.2, -0.15) is 4.98 Å². The maximum Gasteiger partial charge on any atom is 0.512 e. The summed E-state index contributed by atoms with van der Waals surface area (Å²) in [6, 6.07) is 1.37. The van der Waals surface area contributed by atoms with Crippen LogP contribution in [0.15, 0.2) is 6.07 Å². The van der Waals surface area contributed by atoms with E-state index >= 15 is 0 Å². The zero-order valence-electron chi connectivity index (χ0n) is 8.55. The molecule has 0 radical (unpaired) electrons. The minimum absolute atomic E-state index is 0.191. The fourth-order valence-corrected chi connectivity index (χ4v) is 1.00. The summed E-state index contributed by atoms with van der Waals surface area (Å²) in [6.07, 6.45) is -3.06. The molecule has 1 aromatic rings. The second-order valence-corrected chi connectivity index (χ2v) is 2.94. The highest BCUT2D eigenvalue weighted by atomic mass is 16.7. The molecule has 0 fully saturated rings. The predicted octanol–water partition coefficient (Wildman–Crippen LogP) is 1.81. The van der Waals surface area contributed by atoms with Crippen LogP contribution in [0.2, 0.25) is 0 Å². The van der Waals surface area contributed by atoms with Gasteiger partial charge in [-0.15, -0.1) is 0 Å². The second-order valence-electron chi connectivity index (χ2n) is 2.94. The molecule has 0 unspecified atom stereocenters. The van der Waals surface area contributed by atoms with E-state index in [4.69, 9.17) is 10.2 Å². The molecule has 86 valence electrons. The minimum atomic E-state index is -1.53. The first-order valence-corrected chi connectivity index (χ1v) is 4.20. The van der Waals surface area contributed by atoms with Gasteiger partial charge in [-0.25, -0.2) is 9.59 Å². The molecule has 16 heavy (non-hydrogen) atoms. The standard InChI is InChI=1S/C9H9NO6/c1-4-3-6(15-8(11)12)10-7(5(4)2)16-9(13)14/h3H,1-2H3,(H,11,12)(H,13,14). The van der Waals surface area contributed by atoms with Crippen LogP contribution in [-0.4, -0.2) is 27.5 Å². The van der Waals surface area contributed by atoms with Crippen LogP contribution < -0.4 is 9.47 Å². The van der Waals surface area contributed by atoms with Gasteiger partial charge in [0, 0.05) is 11.6 Å². The molecular formula is C9H9NO6. The van der Waals surface area contributed by atoms with E-state index in [0.717, 1.165) is 0 Å². The quantitative estimate of drug-likeness (QED) is 0.742. The number of nitrogens with zero attached hydrogens (tertiary/aromatic N) is 1. The van der Waals surface area contributed by atoms with Gasteiger partial charge in [0.25, 0.3) is 0 Å². The molecule has 0 aliphatic carbocycles. The van der Waals surface area contributed by atoms with E-state index in [1.807, 2.05) is 0 Å². The zero-order valence-corrected chi connectivity index (χ0v) is 8.55. The molecule has 0 aliphatic rings. The first kappa shape index (κ1) is 11.8. The lowest BCUT2D eigenvalue weighted by Gasteiger charge is -2.08. The van der Waals surface area contributed by atoms with Gasteiger partial charge < -0.3 is 19.7 Å². The van der Waals surface area contributed by atoms with Crippen LogP contribution in [-0.2, 0) is 0 Å². The van der Waals surface area contributed by atoms with Crippen LogP contribution in [0.1, 0.15) is 11.1 Å². The zero-order chi connectivity index (χ0) is 12.3. The summed E-state index contributed by atoms with van der Waals surface area (Å²) in [6.45, 7) is 3.26. The Kier molecular flexibility index (Phi) is 3.29. The first-order valence-electron chi connectivity index (χ1n) is 4.20. The maximum atomic E-state index is 10.3. The molecule has 7 nitrogen and oxygen atoms in total. The molecule has 1 rings (SSSR count). The van der Waals surface area contributed by atoms with Crippen molar-refractivity contribution in [1.82, 2.24) is 4.98 Å². The Morgan fingerprint density at radius 1 is 1.19 bits per heavy atom. The minimum Gasteiger partial charge on any atom is -0.449 e. The Morgan fingerprint density at radius 3 is 2.25 bits per heavy atom. The van der Waals surface area contributed by atoms with Crippen molar-refractivity contribution in [3.8, 4) is 11.8 Å². The smallest absolute Gasteiger partial charge is 0.449 e.